The van der Waals surface area contributed by atoms with Gasteiger partial charge in [-0.05, 0) is 24.3 Å². The molecule has 4 N–H and O–H groups in total. The topological polar surface area (TPSA) is 93.3 Å². The molecule has 180 valence electrons. The number of rotatable bonds is 8. The third-order valence-electron chi connectivity index (χ3n) is 5.93. The van der Waals surface area contributed by atoms with E-state index in [9.17, 15) is 9.59 Å². The van der Waals surface area contributed by atoms with Crippen molar-refractivity contribution in [2.75, 3.05) is 24.0 Å². The molecule has 0 fully saturated rings. The van der Waals surface area contributed by atoms with Crippen LogP contribution < -0.4 is 25.4 Å². The van der Waals surface area contributed by atoms with E-state index in [1.54, 1.807) is 42.5 Å². The number of carbonyl (C=O) groups excluding carboxylic acids is 2. The quantitative estimate of drug-likeness (QED) is 0.356. The molecule has 0 unspecified atom stereocenters. The SMILES string of the molecule is O=C(C[NH2+]C(c1ccccc1)c1ccccc1)Nc1ccccc1C(=O)Nc1ccc2c(c1)OCO2. The first kappa shape index (κ1) is 23.1. The standard InChI is InChI=1S/C29H25N3O4/c33-27(18-30-28(20-9-3-1-4-10-20)21-11-5-2-6-12-21)32-24-14-8-7-13-23(24)29(34)31-22-15-16-25-26(17-22)36-19-35-25/h1-17,28,30H,18-19H2,(H,31,34)(H,32,33)/p+1. The Morgan fingerprint density at radius 2 is 1.39 bits per heavy atom. The monoisotopic (exact) mass is 480 g/mol. The molecule has 7 nitrogen and oxygen atoms in total. The predicted molar refractivity (Wildman–Crippen MR) is 137 cm³/mol. The number of hydrogen-bond donors (Lipinski definition) is 3. The fourth-order valence-corrected chi connectivity index (χ4v) is 4.17. The summed E-state index contributed by atoms with van der Waals surface area (Å²) in [5, 5.41) is 7.76. The van der Waals surface area contributed by atoms with Crippen LogP contribution in [0.25, 0.3) is 0 Å². The van der Waals surface area contributed by atoms with E-state index in [1.165, 1.54) is 0 Å². The van der Waals surface area contributed by atoms with Crippen molar-refractivity contribution in [2.45, 2.75) is 6.04 Å². The lowest BCUT2D eigenvalue weighted by Crippen LogP contribution is -2.87. The second kappa shape index (κ2) is 10.8. The molecule has 5 rings (SSSR count). The van der Waals surface area contributed by atoms with Crippen molar-refractivity contribution >= 4 is 23.2 Å². The van der Waals surface area contributed by atoms with E-state index < -0.39 is 0 Å². The number of fused-ring (bicyclic) bond motifs is 1. The summed E-state index contributed by atoms with van der Waals surface area (Å²) in [6.07, 6.45) is 0. The fourth-order valence-electron chi connectivity index (χ4n) is 4.17. The number of nitrogens with one attached hydrogen (secondary N) is 2. The Hall–Kier alpha value is -4.62. The average molecular weight is 481 g/mol. The van der Waals surface area contributed by atoms with Crippen molar-refractivity contribution in [3.63, 3.8) is 0 Å². The minimum absolute atomic E-state index is 0.0253. The van der Waals surface area contributed by atoms with E-state index in [0.29, 0.717) is 28.4 Å². The van der Waals surface area contributed by atoms with Crippen LogP contribution in [0.3, 0.4) is 0 Å². The van der Waals surface area contributed by atoms with Gasteiger partial charge in [-0.3, -0.25) is 9.59 Å². The molecular weight excluding hydrogens is 454 g/mol. The third kappa shape index (κ3) is 5.37. The maximum atomic E-state index is 13.0. The fraction of sp³-hybridized carbons (Fsp3) is 0.103. The Kier molecular flexibility index (Phi) is 6.91. The summed E-state index contributed by atoms with van der Waals surface area (Å²) in [7, 11) is 0. The molecule has 0 aromatic heterocycles. The Morgan fingerprint density at radius 1 is 0.750 bits per heavy atom. The molecular formula is C29H26N3O4+. The number of quaternary nitrogens is 1. The van der Waals surface area contributed by atoms with Crippen molar-refractivity contribution in [3.8, 4) is 11.5 Å². The van der Waals surface area contributed by atoms with Gasteiger partial charge in [0.05, 0.1) is 11.3 Å². The second-order valence-electron chi connectivity index (χ2n) is 8.35. The zero-order valence-corrected chi connectivity index (χ0v) is 19.5. The molecule has 0 saturated heterocycles. The smallest absolute Gasteiger partial charge is 0.279 e. The van der Waals surface area contributed by atoms with Crippen molar-refractivity contribution in [1.82, 2.24) is 0 Å². The molecule has 0 saturated carbocycles. The van der Waals surface area contributed by atoms with Gasteiger partial charge in [-0.15, -0.1) is 0 Å². The normalized spacial score (nSPS) is 11.8. The van der Waals surface area contributed by atoms with Crippen LogP contribution >= 0.6 is 0 Å². The Morgan fingerprint density at radius 3 is 2.11 bits per heavy atom. The molecule has 0 atom stereocenters. The van der Waals surface area contributed by atoms with Crippen molar-refractivity contribution in [3.05, 3.63) is 120 Å². The molecule has 7 heteroatoms. The van der Waals surface area contributed by atoms with Gasteiger partial charge in [0.1, 0.15) is 6.04 Å². The van der Waals surface area contributed by atoms with Gasteiger partial charge >= 0.3 is 0 Å². The van der Waals surface area contributed by atoms with E-state index in [-0.39, 0.29) is 31.2 Å². The summed E-state index contributed by atoms with van der Waals surface area (Å²) in [5.74, 6) is 0.688. The van der Waals surface area contributed by atoms with Gasteiger partial charge < -0.3 is 25.4 Å². The minimum Gasteiger partial charge on any atom is -0.454 e. The van der Waals surface area contributed by atoms with Crippen molar-refractivity contribution in [1.29, 1.82) is 0 Å². The molecule has 0 radical (unpaired) electrons. The first-order valence-electron chi connectivity index (χ1n) is 11.7. The number of nitrogens with two attached hydrogens (primary N) is 1. The van der Waals surface area contributed by atoms with E-state index >= 15 is 0 Å². The third-order valence-corrected chi connectivity index (χ3v) is 5.93. The first-order chi connectivity index (χ1) is 17.7. The van der Waals surface area contributed by atoms with Crippen LogP contribution in [0.1, 0.15) is 27.5 Å². The van der Waals surface area contributed by atoms with Crippen LogP contribution in [-0.4, -0.2) is 25.2 Å². The van der Waals surface area contributed by atoms with Crippen LogP contribution in [0.2, 0.25) is 0 Å². The first-order valence-corrected chi connectivity index (χ1v) is 11.7. The zero-order valence-electron chi connectivity index (χ0n) is 19.5. The molecule has 36 heavy (non-hydrogen) atoms. The Balaban J connectivity index is 1.26. The van der Waals surface area contributed by atoms with Crippen molar-refractivity contribution in [2.24, 2.45) is 0 Å². The van der Waals surface area contributed by atoms with Gasteiger partial charge in [0.25, 0.3) is 11.8 Å². The van der Waals surface area contributed by atoms with E-state index in [2.05, 4.69) is 34.9 Å². The van der Waals surface area contributed by atoms with Gasteiger partial charge in [0.2, 0.25) is 6.79 Å². The number of para-hydroxylation sites is 1. The molecule has 1 aliphatic rings. The summed E-state index contributed by atoms with van der Waals surface area (Å²) >= 11 is 0. The average Bonchev–Trinajstić information content (AvgIpc) is 3.38. The highest BCUT2D eigenvalue weighted by molar-refractivity contribution is 6.10. The summed E-state index contributed by atoms with van der Waals surface area (Å²) in [5.41, 5.74) is 3.61. The van der Waals surface area contributed by atoms with Crippen LogP contribution in [-0.2, 0) is 4.79 Å². The second-order valence-corrected chi connectivity index (χ2v) is 8.35. The number of hydrogen-bond acceptors (Lipinski definition) is 4. The summed E-state index contributed by atoms with van der Waals surface area (Å²) in [4.78, 5) is 25.9. The lowest BCUT2D eigenvalue weighted by molar-refractivity contribution is -0.676. The molecule has 1 heterocycles. The van der Waals surface area contributed by atoms with Gasteiger partial charge in [-0.1, -0.05) is 72.8 Å². The molecule has 0 spiro atoms. The van der Waals surface area contributed by atoms with Crippen molar-refractivity contribution < 1.29 is 24.4 Å². The highest BCUT2D eigenvalue weighted by atomic mass is 16.7. The van der Waals surface area contributed by atoms with E-state index in [0.717, 1.165) is 11.1 Å². The Labute approximate surface area is 209 Å². The maximum Gasteiger partial charge on any atom is 0.279 e. The lowest BCUT2D eigenvalue weighted by atomic mass is 9.99. The highest BCUT2D eigenvalue weighted by Gasteiger charge is 2.20. The highest BCUT2D eigenvalue weighted by Crippen LogP contribution is 2.34. The molecule has 0 aliphatic carbocycles. The molecule has 2 amide bonds. The van der Waals surface area contributed by atoms with Gasteiger partial charge in [-0.25, -0.2) is 0 Å². The molecule has 1 aliphatic heterocycles. The summed E-state index contributed by atoms with van der Waals surface area (Å²) in [6.45, 7) is 0.348. The Bertz CT molecular complexity index is 1320. The molecule has 0 bridgehead atoms. The van der Waals surface area contributed by atoms with Gasteiger partial charge in [-0.2, -0.15) is 0 Å². The number of anilines is 2. The zero-order chi connectivity index (χ0) is 24.7. The lowest BCUT2D eigenvalue weighted by Gasteiger charge is -2.17. The van der Waals surface area contributed by atoms with Crippen LogP contribution in [0.15, 0.2) is 103 Å². The largest absolute Gasteiger partial charge is 0.454 e. The summed E-state index contributed by atoms with van der Waals surface area (Å²) in [6, 6.07) is 32.3. The molecule has 4 aromatic carbocycles. The van der Waals surface area contributed by atoms with Gasteiger partial charge in [0, 0.05) is 22.9 Å². The van der Waals surface area contributed by atoms with Crippen LogP contribution in [0.4, 0.5) is 11.4 Å². The minimum atomic E-state index is -0.333. The number of amides is 2. The van der Waals surface area contributed by atoms with Crippen LogP contribution in [0, 0.1) is 0 Å². The van der Waals surface area contributed by atoms with E-state index in [4.69, 9.17) is 9.47 Å². The number of ether oxygens (including phenoxy) is 2. The maximum absolute atomic E-state index is 13.0. The van der Waals surface area contributed by atoms with E-state index in [1.807, 2.05) is 41.7 Å². The van der Waals surface area contributed by atoms with Crippen LogP contribution in [0.5, 0.6) is 11.5 Å². The summed E-state index contributed by atoms with van der Waals surface area (Å²) < 4.78 is 10.7. The number of carbonyl (C=O) groups is 2. The molecule has 4 aromatic rings. The number of benzene rings is 4. The predicted octanol–water partition coefficient (Wildman–Crippen LogP) is 3.96. The van der Waals surface area contributed by atoms with Gasteiger partial charge in [0.15, 0.2) is 18.0 Å².